The van der Waals surface area contributed by atoms with E-state index in [1.807, 2.05) is 30.5 Å². The molecular weight excluding hydrogens is 340 g/mol. The zero-order valence-electron chi connectivity index (χ0n) is 14.9. The van der Waals surface area contributed by atoms with Crippen LogP contribution in [0, 0.1) is 36.5 Å². The molecule has 0 bridgehead atoms. The molecule has 0 unspecified atom stereocenters. The number of rotatable bonds is 4. The van der Waals surface area contributed by atoms with Gasteiger partial charge in [-0.2, -0.15) is 10.5 Å². The topological polar surface area (TPSA) is 103 Å². The number of carbonyl (C=O) groups is 1. The van der Waals surface area contributed by atoms with Crippen LogP contribution in [0.25, 0.3) is 11.1 Å². The predicted molar refractivity (Wildman–Crippen MR) is 99.1 cm³/mol. The van der Waals surface area contributed by atoms with E-state index in [-0.39, 0.29) is 5.69 Å². The van der Waals surface area contributed by atoms with Gasteiger partial charge in [-0.3, -0.25) is 0 Å². The van der Waals surface area contributed by atoms with E-state index in [2.05, 4.69) is 17.1 Å². The fourth-order valence-corrected chi connectivity index (χ4v) is 3.15. The van der Waals surface area contributed by atoms with Gasteiger partial charge in [-0.05, 0) is 43.2 Å². The highest BCUT2D eigenvalue weighted by molar-refractivity contribution is 5.85. The number of nitriles is 2. The van der Waals surface area contributed by atoms with E-state index in [1.54, 1.807) is 18.2 Å². The van der Waals surface area contributed by atoms with Crippen LogP contribution in [0.15, 0.2) is 42.6 Å². The van der Waals surface area contributed by atoms with E-state index in [9.17, 15) is 10.1 Å². The van der Waals surface area contributed by atoms with Gasteiger partial charge in [-0.1, -0.05) is 18.2 Å². The molecule has 0 amide bonds. The highest BCUT2D eigenvalue weighted by Gasteiger charge is 2.19. The predicted octanol–water partition coefficient (Wildman–Crippen LogP) is 3.66. The molecule has 2 heterocycles. The molecule has 0 atom stereocenters. The molecule has 132 valence electrons. The van der Waals surface area contributed by atoms with Crippen molar-refractivity contribution < 1.29 is 9.90 Å². The fraction of sp³-hybridized carbons (Fsp3) is 0.143. The minimum absolute atomic E-state index is 0.00399. The summed E-state index contributed by atoms with van der Waals surface area (Å²) in [6.45, 7) is 4.31. The summed E-state index contributed by atoms with van der Waals surface area (Å²) in [6.07, 6.45) is 1.54. The first-order valence-electron chi connectivity index (χ1n) is 8.24. The van der Waals surface area contributed by atoms with Gasteiger partial charge in [0.25, 0.3) is 0 Å². The Morgan fingerprint density at radius 2 is 1.78 bits per heavy atom. The van der Waals surface area contributed by atoms with E-state index in [4.69, 9.17) is 10.4 Å². The van der Waals surface area contributed by atoms with Crippen LogP contribution in [-0.2, 0) is 6.54 Å². The molecule has 0 aliphatic carbocycles. The van der Waals surface area contributed by atoms with Gasteiger partial charge in [0.1, 0.15) is 11.8 Å². The molecule has 0 saturated carbocycles. The molecule has 0 saturated heterocycles. The molecule has 0 aliphatic heterocycles. The lowest BCUT2D eigenvalue weighted by Crippen LogP contribution is -2.06. The number of hydrogen-bond donors (Lipinski definition) is 1. The third kappa shape index (κ3) is 3.29. The van der Waals surface area contributed by atoms with Crippen molar-refractivity contribution in [3.05, 3.63) is 76.4 Å². The molecule has 27 heavy (non-hydrogen) atoms. The molecule has 6 heteroatoms. The van der Waals surface area contributed by atoms with Gasteiger partial charge >= 0.3 is 5.97 Å². The molecular formula is C21H16N4O2. The number of hydrogen-bond acceptors (Lipinski definition) is 4. The zero-order chi connectivity index (χ0) is 19.6. The first kappa shape index (κ1) is 17.9. The van der Waals surface area contributed by atoms with Crippen molar-refractivity contribution in [2.45, 2.75) is 20.4 Å². The monoisotopic (exact) mass is 356 g/mol. The van der Waals surface area contributed by atoms with Crippen molar-refractivity contribution in [1.29, 1.82) is 10.5 Å². The Morgan fingerprint density at radius 1 is 1.07 bits per heavy atom. The molecule has 1 aromatic carbocycles. The second kappa shape index (κ2) is 7.15. The van der Waals surface area contributed by atoms with E-state index in [1.165, 1.54) is 12.3 Å². The van der Waals surface area contributed by atoms with Crippen molar-refractivity contribution in [3.8, 4) is 23.3 Å². The number of carboxylic acids is 1. The summed E-state index contributed by atoms with van der Waals surface area (Å²) in [5, 5.41) is 27.6. The Labute approximate surface area is 156 Å². The summed E-state index contributed by atoms with van der Waals surface area (Å²) in [5.41, 5.74) is 5.47. The van der Waals surface area contributed by atoms with E-state index in [0.29, 0.717) is 17.7 Å². The van der Waals surface area contributed by atoms with Gasteiger partial charge in [0.15, 0.2) is 0 Å². The molecule has 0 radical (unpaired) electrons. The number of aromatic nitrogens is 2. The molecule has 6 nitrogen and oxygen atoms in total. The maximum atomic E-state index is 10.9. The van der Waals surface area contributed by atoms with E-state index < -0.39 is 5.97 Å². The average Bonchev–Trinajstić information content (AvgIpc) is 2.92. The molecule has 0 fully saturated rings. The van der Waals surface area contributed by atoms with Crippen LogP contribution in [0.1, 0.15) is 38.6 Å². The van der Waals surface area contributed by atoms with Crippen molar-refractivity contribution in [2.75, 3.05) is 0 Å². The lowest BCUT2D eigenvalue weighted by atomic mass is 10.0. The molecule has 3 rings (SSSR count). The minimum Gasteiger partial charge on any atom is -0.477 e. The fourth-order valence-electron chi connectivity index (χ4n) is 3.15. The lowest BCUT2D eigenvalue weighted by Gasteiger charge is -2.10. The summed E-state index contributed by atoms with van der Waals surface area (Å²) in [5.74, 6) is -1.07. The van der Waals surface area contributed by atoms with Crippen LogP contribution in [0.5, 0.6) is 0 Å². The number of pyridine rings is 1. The second-order valence-corrected chi connectivity index (χ2v) is 6.16. The normalized spacial score (nSPS) is 10.2. The van der Waals surface area contributed by atoms with Gasteiger partial charge in [0.2, 0.25) is 0 Å². The Kier molecular flexibility index (Phi) is 4.74. The number of nitrogens with zero attached hydrogens (tertiary/aromatic N) is 4. The van der Waals surface area contributed by atoms with Gasteiger partial charge < -0.3 is 9.67 Å². The quantitative estimate of drug-likeness (QED) is 0.768. The highest BCUT2D eigenvalue weighted by Crippen LogP contribution is 2.32. The van der Waals surface area contributed by atoms with Crippen molar-refractivity contribution in [1.82, 2.24) is 9.55 Å². The van der Waals surface area contributed by atoms with Gasteiger partial charge in [0, 0.05) is 29.7 Å². The summed E-state index contributed by atoms with van der Waals surface area (Å²) < 4.78 is 2.02. The summed E-state index contributed by atoms with van der Waals surface area (Å²) >= 11 is 0. The summed E-state index contributed by atoms with van der Waals surface area (Å²) in [4.78, 5) is 14.9. The van der Waals surface area contributed by atoms with Crippen LogP contribution >= 0.6 is 0 Å². The van der Waals surface area contributed by atoms with Crippen LogP contribution in [0.4, 0.5) is 0 Å². The average molecular weight is 356 g/mol. The lowest BCUT2D eigenvalue weighted by molar-refractivity contribution is 0.0690. The third-order valence-corrected chi connectivity index (χ3v) is 4.58. The van der Waals surface area contributed by atoms with E-state index >= 15 is 0 Å². The second-order valence-electron chi connectivity index (χ2n) is 6.16. The Balaban J connectivity index is 2.04. The van der Waals surface area contributed by atoms with Crippen LogP contribution in [0.2, 0.25) is 0 Å². The molecule has 2 aromatic heterocycles. The number of aromatic carboxylic acids is 1. The van der Waals surface area contributed by atoms with Gasteiger partial charge in [0.05, 0.1) is 17.2 Å². The Morgan fingerprint density at radius 3 is 2.30 bits per heavy atom. The third-order valence-electron chi connectivity index (χ3n) is 4.58. The largest absolute Gasteiger partial charge is 0.477 e. The zero-order valence-corrected chi connectivity index (χ0v) is 14.9. The first-order chi connectivity index (χ1) is 13.0. The summed E-state index contributed by atoms with van der Waals surface area (Å²) in [7, 11) is 0. The van der Waals surface area contributed by atoms with Crippen LogP contribution < -0.4 is 0 Å². The van der Waals surface area contributed by atoms with Gasteiger partial charge in [-0.15, -0.1) is 0 Å². The molecule has 0 aliphatic rings. The maximum Gasteiger partial charge on any atom is 0.354 e. The standard InChI is InChI=1S/C21H16N4O2/c1-13-18(10-23)20(17-6-3-15(9-22)4-7-17)14(2)25(13)12-16-5-8-19(21(26)27)24-11-16/h3-8,11H,12H2,1-2H3,(H,26,27). The summed E-state index contributed by atoms with van der Waals surface area (Å²) in [6, 6.07) is 14.7. The van der Waals surface area contributed by atoms with Crippen molar-refractivity contribution in [3.63, 3.8) is 0 Å². The Hall–Kier alpha value is -3.90. The first-order valence-corrected chi connectivity index (χ1v) is 8.24. The van der Waals surface area contributed by atoms with Crippen LogP contribution in [0.3, 0.4) is 0 Å². The molecule has 3 aromatic rings. The number of benzene rings is 1. The Bertz CT molecular complexity index is 1100. The SMILES string of the molecule is Cc1c(C#N)c(-c2ccc(C#N)cc2)c(C)n1Cc1ccc(C(=O)O)nc1. The van der Waals surface area contributed by atoms with Crippen molar-refractivity contribution in [2.24, 2.45) is 0 Å². The highest BCUT2D eigenvalue weighted by atomic mass is 16.4. The molecule has 1 N–H and O–H groups in total. The van der Waals surface area contributed by atoms with Gasteiger partial charge in [-0.25, -0.2) is 9.78 Å². The van der Waals surface area contributed by atoms with Crippen molar-refractivity contribution >= 4 is 5.97 Å². The maximum absolute atomic E-state index is 10.9. The minimum atomic E-state index is -1.07. The smallest absolute Gasteiger partial charge is 0.354 e. The van der Waals surface area contributed by atoms with E-state index in [0.717, 1.165) is 28.1 Å². The van der Waals surface area contributed by atoms with Crippen LogP contribution in [-0.4, -0.2) is 20.6 Å². The molecule has 0 spiro atoms. The number of carboxylic acid groups (broad SMARTS) is 1.